The zero-order chi connectivity index (χ0) is 19.8. The third kappa shape index (κ3) is 5.45. The molecule has 0 aliphatic rings. The number of aromatic amines is 1. The summed E-state index contributed by atoms with van der Waals surface area (Å²) in [7, 11) is -1.02. The highest BCUT2D eigenvalue weighted by Gasteiger charge is 2.05. The van der Waals surface area contributed by atoms with Gasteiger partial charge in [0, 0.05) is 40.8 Å². The molecule has 0 amide bonds. The van der Waals surface area contributed by atoms with Crippen LogP contribution in [0.15, 0.2) is 64.6 Å². The predicted molar refractivity (Wildman–Crippen MR) is 118 cm³/mol. The van der Waals surface area contributed by atoms with Crippen LogP contribution in [0.25, 0.3) is 10.9 Å². The van der Waals surface area contributed by atoms with Crippen LogP contribution in [0.5, 0.6) is 0 Å². The van der Waals surface area contributed by atoms with Crippen molar-refractivity contribution in [1.29, 1.82) is 0 Å². The Kier molecular flexibility index (Phi) is 7.25. The van der Waals surface area contributed by atoms with Crippen LogP contribution in [0.1, 0.15) is 18.1 Å². The van der Waals surface area contributed by atoms with Gasteiger partial charge in [0.1, 0.15) is 0 Å². The van der Waals surface area contributed by atoms with Gasteiger partial charge in [-0.25, -0.2) is 0 Å². The molecule has 148 valence electrons. The Hall–Kier alpha value is -2.60. The number of aromatic nitrogens is 1. The van der Waals surface area contributed by atoms with Gasteiger partial charge < -0.3 is 15.6 Å². The number of aryl methyl sites for hydroxylation is 1. The smallest absolute Gasteiger partial charge is 0.191 e. The molecule has 0 aliphatic carbocycles. The zero-order valence-electron chi connectivity index (χ0n) is 16.5. The van der Waals surface area contributed by atoms with Crippen LogP contribution in [0.2, 0.25) is 0 Å². The van der Waals surface area contributed by atoms with Crippen molar-refractivity contribution in [1.82, 2.24) is 15.6 Å². The number of aliphatic imine (C=N–C) groups is 1. The summed E-state index contributed by atoms with van der Waals surface area (Å²) in [4.78, 5) is 8.76. The lowest BCUT2D eigenvalue weighted by molar-refractivity contribution is 0.682. The van der Waals surface area contributed by atoms with Crippen molar-refractivity contribution >= 4 is 27.7 Å². The van der Waals surface area contributed by atoms with E-state index in [1.165, 1.54) is 22.0 Å². The van der Waals surface area contributed by atoms with Gasteiger partial charge in [-0.1, -0.05) is 30.3 Å². The molecule has 0 aliphatic heterocycles. The first kappa shape index (κ1) is 20.1. The molecular weight excluding hydrogens is 368 g/mol. The molecule has 1 aromatic heterocycles. The van der Waals surface area contributed by atoms with Crippen LogP contribution in [0.3, 0.4) is 0 Å². The van der Waals surface area contributed by atoms with Crippen molar-refractivity contribution in [3.63, 3.8) is 0 Å². The fourth-order valence-electron chi connectivity index (χ4n) is 3.09. The molecule has 28 heavy (non-hydrogen) atoms. The van der Waals surface area contributed by atoms with Gasteiger partial charge in [-0.15, -0.1) is 0 Å². The van der Waals surface area contributed by atoms with E-state index in [-0.39, 0.29) is 0 Å². The average molecular weight is 397 g/mol. The standard InChI is InChI=1S/C22H28N4OS/c1-3-23-22(25-13-14-28(27)19-7-5-4-6-8-19)24-12-11-18-16-26-21-15-17(2)9-10-20(18)21/h4-10,15-16,26H,3,11-14H2,1-2H3,(H2,23,24,25). The third-order valence-electron chi connectivity index (χ3n) is 4.51. The first-order chi connectivity index (χ1) is 13.7. The maximum absolute atomic E-state index is 12.3. The van der Waals surface area contributed by atoms with Crippen molar-refractivity contribution in [3.05, 3.63) is 65.9 Å². The molecule has 1 unspecified atom stereocenters. The molecule has 6 heteroatoms. The molecule has 5 nitrogen and oxygen atoms in total. The molecule has 0 saturated heterocycles. The summed E-state index contributed by atoms with van der Waals surface area (Å²) in [5, 5.41) is 7.90. The summed E-state index contributed by atoms with van der Waals surface area (Å²) in [6, 6.07) is 16.0. The van der Waals surface area contributed by atoms with Crippen LogP contribution < -0.4 is 10.6 Å². The summed E-state index contributed by atoms with van der Waals surface area (Å²) < 4.78 is 12.3. The Balaban J connectivity index is 1.52. The summed E-state index contributed by atoms with van der Waals surface area (Å²) in [5.74, 6) is 1.28. The zero-order valence-corrected chi connectivity index (χ0v) is 17.3. The number of benzene rings is 2. The SMILES string of the molecule is CCNC(=NCCS(=O)c1ccccc1)NCCc1c[nH]c2cc(C)ccc12. The van der Waals surface area contributed by atoms with E-state index in [0.717, 1.165) is 30.4 Å². The number of H-pyrrole nitrogens is 1. The van der Waals surface area contributed by atoms with Gasteiger partial charge in [0.15, 0.2) is 5.96 Å². The molecule has 1 atom stereocenters. The van der Waals surface area contributed by atoms with Gasteiger partial charge in [-0.3, -0.25) is 9.20 Å². The average Bonchev–Trinajstić information content (AvgIpc) is 3.10. The highest BCUT2D eigenvalue weighted by Crippen LogP contribution is 2.19. The van der Waals surface area contributed by atoms with E-state index in [9.17, 15) is 4.21 Å². The van der Waals surface area contributed by atoms with Gasteiger partial charge >= 0.3 is 0 Å². The highest BCUT2D eigenvalue weighted by molar-refractivity contribution is 7.85. The largest absolute Gasteiger partial charge is 0.361 e. The van der Waals surface area contributed by atoms with E-state index in [2.05, 4.69) is 51.9 Å². The monoisotopic (exact) mass is 396 g/mol. The predicted octanol–water partition coefficient (Wildman–Crippen LogP) is 3.38. The number of nitrogens with zero attached hydrogens (tertiary/aromatic N) is 1. The highest BCUT2D eigenvalue weighted by atomic mass is 32.2. The quantitative estimate of drug-likeness (QED) is 0.404. The van der Waals surface area contributed by atoms with Gasteiger partial charge in [0.2, 0.25) is 0 Å². The normalized spacial score (nSPS) is 12.9. The second-order valence-corrected chi connectivity index (χ2v) is 8.23. The number of fused-ring (bicyclic) bond motifs is 1. The number of hydrogen-bond donors (Lipinski definition) is 3. The van der Waals surface area contributed by atoms with Crippen molar-refractivity contribution in [3.8, 4) is 0 Å². The Bertz CT molecular complexity index is 950. The Labute approximate surface area is 169 Å². The van der Waals surface area contributed by atoms with E-state index >= 15 is 0 Å². The lowest BCUT2D eigenvalue weighted by Crippen LogP contribution is -2.38. The maximum atomic E-state index is 12.3. The third-order valence-corrected chi connectivity index (χ3v) is 5.86. The summed E-state index contributed by atoms with van der Waals surface area (Å²) in [6.45, 7) is 6.24. The molecule has 2 aromatic carbocycles. The molecule has 0 spiro atoms. The fraction of sp³-hybridized carbons (Fsp3) is 0.318. The van der Waals surface area contributed by atoms with Crippen LogP contribution in [-0.2, 0) is 17.2 Å². The minimum Gasteiger partial charge on any atom is -0.361 e. The van der Waals surface area contributed by atoms with Crippen molar-refractivity contribution in [2.75, 3.05) is 25.4 Å². The number of hydrogen-bond acceptors (Lipinski definition) is 2. The first-order valence-electron chi connectivity index (χ1n) is 9.69. The molecule has 0 saturated carbocycles. The number of nitrogens with one attached hydrogen (secondary N) is 3. The second-order valence-electron chi connectivity index (χ2n) is 6.66. The van der Waals surface area contributed by atoms with Gasteiger partial charge in [-0.05, 0) is 49.6 Å². The Morgan fingerprint density at radius 1 is 1.14 bits per heavy atom. The maximum Gasteiger partial charge on any atom is 0.191 e. The van der Waals surface area contributed by atoms with E-state index in [1.807, 2.05) is 37.3 Å². The molecule has 3 N–H and O–H groups in total. The topological polar surface area (TPSA) is 69.3 Å². The second kappa shape index (κ2) is 10.1. The molecule has 0 fully saturated rings. The number of guanidine groups is 1. The molecular formula is C22H28N4OS. The van der Waals surface area contributed by atoms with E-state index in [1.54, 1.807) is 0 Å². The molecule has 0 radical (unpaired) electrons. The molecule has 0 bridgehead atoms. The van der Waals surface area contributed by atoms with Crippen LogP contribution in [-0.4, -0.2) is 40.5 Å². The minimum absolute atomic E-state index is 0.516. The van der Waals surface area contributed by atoms with E-state index in [4.69, 9.17) is 0 Å². The summed E-state index contributed by atoms with van der Waals surface area (Å²) in [6.07, 6.45) is 2.99. The molecule has 3 rings (SSSR count). The van der Waals surface area contributed by atoms with Gasteiger partial charge in [0.05, 0.1) is 17.3 Å². The molecule has 1 heterocycles. The van der Waals surface area contributed by atoms with Crippen LogP contribution >= 0.6 is 0 Å². The van der Waals surface area contributed by atoms with E-state index < -0.39 is 10.8 Å². The Morgan fingerprint density at radius 2 is 1.96 bits per heavy atom. The lowest BCUT2D eigenvalue weighted by atomic mass is 10.1. The van der Waals surface area contributed by atoms with Gasteiger partial charge in [0.25, 0.3) is 0 Å². The van der Waals surface area contributed by atoms with E-state index in [0.29, 0.717) is 12.3 Å². The number of rotatable bonds is 8. The summed E-state index contributed by atoms with van der Waals surface area (Å²) >= 11 is 0. The first-order valence-corrected chi connectivity index (χ1v) is 11.0. The molecule has 3 aromatic rings. The van der Waals surface area contributed by atoms with Crippen molar-refractivity contribution in [2.24, 2.45) is 4.99 Å². The lowest BCUT2D eigenvalue weighted by Gasteiger charge is -2.11. The fourth-order valence-corrected chi connectivity index (χ4v) is 4.05. The van der Waals surface area contributed by atoms with Crippen molar-refractivity contribution < 1.29 is 4.21 Å². The Morgan fingerprint density at radius 3 is 2.75 bits per heavy atom. The van der Waals surface area contributed by atoms with Crippen molar-refractivity contribution in [2.45, 2.75) is 25.2 Å². The van der Waals surface area contributed by atoms with Crippen LogP contribution in [0.4, 0.5) is 0 Å². The van der Waals surface area contributed by atoms with Crippen LogP contribution in [0, 0.1) is 6.92 Å². The minimum atomic E-state index is -1.02. The summed E-state index contributed by atoms with van der Waals surface area (Å²) in [5.41, 5.74) is 3.73. The van der Waals surface area contributed by atoms with Gasteiger partial charge in [-0.2, -0.15) is 0 Å².